The van der Waals surface area contributed by atoms with Crippen molar-refractivity contribution >= 4 is 17.6 Å². The largest absolute Gasteiger partial charge is 0.481 e. The van der Waals surface area contributed by atoms with E-state index in [0.29, 0.717) is 11.3 Å². The van der Waals surface area contributed by atoms with Crippen LogP contribution in [-0.4, -0.2) is 28.7 Å². The van der Waals surface area contributed by atoms with Crippen LogP contribution in [0.4, 0.5) is 5.69 Å². The number of esters is 1. The Morgan fingerprint density at radius 1 is 1.45 bits per heavy atom. The lowest BCUT2D eigenvalue weighted by Gasteiger charge is -2.09. The van der Waals surface area contributed by atoms with Crippen molar-refractivity contribution in [1.29, 1.82) is 5.26 Å². The molecule has 3 N–H and O–H groups in total. The number of carbonyl (C=O) groups is 2. The molecular formula is C15H13N3O4. The summed E-state index contributed by atoms with van der Waals surface area (Å²) in [7, 11) is 1.21. The minimum atomic E-state index is -0.963. The number of nitrogen functional groups attached to an aromatic ring is 1. The van der Waals surface area contributed by atoms with Gasteiger partial charge in [-0.15, -0.1) is 0 Å². The van der Waals surface area contributed by atoms with Gasteiger partial charge in [0, 0.05) is 11.9 Å². The van der Waals surface area contributed by atoms with Gasteiger partial charge in [-0.05, 0) is 17.7 Å². The molecule has 0 amide bonds. The maximum atomic E-state index is 11.9. The highest BCUT2D eigenvalue weighted by Gasteiger charge is 2.21. The molecule has 0 aliphatic carbocycles. The maximum absolute atomic E-state index is 11.9. The Bertz CT molecular complexity index is 787. The van der Waals surface area contributed by atoms with Crippen LogP contribution in [0.2, 0.25) is 0 Å². The van der Waals surface area contributed by atoms with Crippen LogP contribution in [0.15, 0.2) is 30.5 Å². The lowest BCUT2D eigenvalue weighted by molar-refractivity contribution is -0.136. The number of ether oxygens (including phenoxy) is 1. The lowest BCUT2D eigenvalue weighted by Crippen LogP contribution is -2.11. The van der Waals surface area contributed by atoms with Crippen molar-refractivity contribution in [3.05, 3.63) is 47.3 Å². The molecule has 1 aromatic heterocycles. The number of carboxylic acid groups (broad SMARTS) is 1. The van der Waals surface area contributed by atoms with Crippen LogP contribution in [0.3, 0.4) is 0 Å². The molecule has 0 aliphatic heterocycles. The summed E-state index contributed by atoms with van der Waals surface area (Å²) in [6.07, 6.45) is 1.27. The third-order valence-electron chi connectivity index (χ3n) is 3.09. The monoisotopic (exact) mass is 299 g/mol. The molecular weight excluding hydrogens is 286 g/mol. The summed E-state index contributed by atoms with van der Waals surface area (Å²) in [4.78, 5) is 22.7. The molecule has 0 unspecified atom stereocenters. The first-order valence-electron chi connectivity index (χ1n) is 6.28. The molecule has 22 heavy (non-hydrogen) atoms. The molecule has 0 bridgehead atoms. The average Bonchev–Trinajstić information content (AvgIpc) is 2.83. The second-order valence-electron chi connectivity index (χ2n) is 4.52. The summed E-state index contributed by atoms with van der Waals surface area (Å²) in [6.45, 7) is 0. The summed E-state index contributed by atoms with van der Waals surface area (Å²) in [6, 6.07) is 8.52. The number of hydrogen-bond acceptors (Lipinski definition) is 5. The summed E-state index contributed by atoms with van der Waals surface area (Å²) in [5.74, 6) is -1.64. The number of aromatic nitrogens is 1. The van der Waals surface area contributed by atoms with Gasteiger partial charge in [0.1, 0.15) is 6.07 Å². The second kappa shape index (κ2) is 6.01. The van der Waals surface area contributed by atoms with Gasteiger partial charge in [0.15, 0.2) is 5.69 Å². The lowest BCUT2D eigenvalue weighted by atomic mass is 10.1. The number of nitrogens with zero attached hydrogens (tertiary/aromatic N) is 2. The molecule has 2 aromatic rings. The topological polar surface area (TPSA) is 118 Å². The van der Waals surface area contributed by atoms with Crippen LogP contribution < -0.4 is 5.73 Å². The van der Waals surface area contributed by atoms with E-state index in [-0.39, 0.29) is 23.4 Å². The van der Waals surface area contributed by atoms with Crippen molar-refractivity contribution in [2.45, 2.75) is 6.42 Å². The van der Waals surface area contributed by atoms with Gasteiger partial charge in [-0.25, -0.2) is 4.79 Å². The first-order chi connectivity index (χ1) is 10.5. The van der Waals surface area contributed by atoms with Crippen LogP contribution in [0.1, 0.15) is 21.6 Å². The Kier molecular flexibility index (Phi) is 4.13. The number of carboxylic acids is 1. The number of rotatable bonds is 4. The minimum Gasteiger partial charge on any atom is -0.481 e. The highest BCUT2D eigenvalue weighted by molar-refractivity contribution is 5.96. The van der Waals surface area contributed by atoms with Crippen LogP contribution in [-0.2, 0) is 16.0 Å². The standard InChI is InChI=1S/C15H13N3O4/c1-22-15(21)14-13(17)10(7-16)8-18(14)11-4-2-3-9(5-11)6-12(19)20/h2-5,8H,6,17H2,1H3,(H,19,20). The maximum Gasteiger partial charge on any atom is 0.357 e. The highest BCUT2D eigenvalue weighted by Crippen LogP contribution is 2.25. The Balaban J connectivity index is 2.60. The van der Waals surface area contributed by atoms with Crippen LogP contribution in [0.25, 0.3) is 5.69 Å². The van der Waals surface area contributed by atoms with E-state index in [2.05, 4.69) is 4.74 Å². The zero-order valence-electron chi connectivity index (χ0n) is 11.7. The first-order valence-corrected chi connectivity index (χ1v) is 6.28. The van der Waals surface area contributed by atoms with Gasteiger partial charge in [-0.1, -0.05) is 12.1 Å². The molecule has 7 nitrogen and oxygen atoms in total. The number of nitriles is 1. The number of hydrogen-bond donors (Lipinski definition) is 2. The van der Waals surface area contributed by atoms with E-state index >= 15 is 0 Å². The summed E-state index contributed by atoms with van der Waals surface area (Å²) >= 11 is 0. The quantitative estimate of drug-likeness (QED) is 0.822. The number of methoxy groups -OCH3 is 1. The first kappa shape index (κ1) is 15.1. The van der Waals surface area contributed by atoms with Crippen molar-refractivity contribution in [3.63, 3.8) is 0 Å². The predicted molar refractivity (Wildman–Crippen MR) is 77.6 cm³/mol. The molecule has 0 aliphatic rings. The molecule has 2 rings (SSSR count). The fourth-order valence-electron chi connectivity index (χ4n) is 2.11. The van der Waals surface area contributed by atoms with Crippen molar-refractivity contribution in [1.82, 2.24) is 4.57 Å². The minimum absolute atomic E-state index is 0.0259. The van der Waals surface area contributed by atoms with E-state index in [1.165, 1.54) is 17.9 Å². The van der Waals surface area contributed by atoms with Gasteiger partial charge in [-0.3, -0.25) is 4.79 Å². The van der Waals surface area contributed by atoms with Gasteiger partial charge in [0.25, 0.3) is 0 Å². The highest BCUT2D eigenvalue weighted by atomic mass is 16.5. The van der Waals surface area contributed by atoms with E-state index in [1.54, 1.807) is 24.3 Å². The smallest absolute Gasteiger partial charge is 0.357 e. The molecule has 0 saturated heterocycles. The zero-order chi connectivity index (χ0) is 16.3. The van der Waals surface area contributed by atoms with E-state index in [9.17, 15) is 9.59 Å². The van der Waals surface area contributed by atoms with Gasteiger partial charge >= 0.3 is 11.9 Å². The number of benzene rings is 1. The molecule has 0 atom stereocenters. The molecule has 0 spiro atoms. The van der Waals surface area contributed by atoms with Gasteiger partial charge < -0.3 is 20.1 Å². The average molecular weight is 299 g/mol. The zero-order valence-corrected chi connectivity index (χ0v) is 11.7. The Morgan fingerprint density at radius 3 is 2.77 bits per heavy atom. The Morgan fingerprint density at radius 2 is 2.18 bits per heavy atom. The summed E-state index contributed by atoms with van der Waals surface area (Å²) < 4.78 is 6.11. The van der Waals surface area contributed by atoms with Crippen LogP contribution in [0, 0.1) is 11.3 Å². The Hall–Kier alpha value is -3.27. The second-order valence-corrected chi connectivity index (χ2v) is 4.52. The molecule has 0 fully saturated rings. The molecule has 112 valence electrons. The normalized spacial score (nSPS) is 10.0. The van der Waals surface area contributed by atoms with Crippen molar-refractivity contribution < 1.29 is 19.4 Å². The van der Waals surface area contributed by atoms with Crippen molar-refractivity contribution in [3.8, 4) is 11.8 Å². The molecule has 1 heterocycles. The number of nitrogens with two attached hydrogens (primary N) is 1. The number of carbonyl (C=O) groups excluding carboxylic acids is 1. The number of anilines is 1. The van der Waals surface area contributed by atoms with E-state index in [1.807, 2.05) is 6.07 Å². The third-order valence-corrected chi connectivity index (χ3v) is 3.09. The summed E-state index contributed by atoms with van der Waals surface area (Å²) in [5, 5.41) is 17.9. The summed E-state index contributed by atoms with van der Waals surface area (Å²) in [5.41, 5.74) is 7.09. The van der Waals surface area contributed by atoms with E-state index in [4.69, 9.17) is 16.1 Å². The predicted octanol–water partition coefficient (Wildman–Crippen LogP) is 1.34. The molecule has 0 radical (unpaired) electrons. The molecule has 1 aromatic carbocycles. The van der Waals surface area contributed by atoms with Crippen molar-refractivity contribution in [2.75, 3.05) is 12.8 Å². The van der Waals surface area contributed by atoms with Crippen LogP contribution >= 0.6 is 0 Å². The fourth-order valence-corrected chi connectivity index (χ4v) is 2.11. The number of aliphatic carboxylic acids is 1. The Labute approximate surface area is 126 Å². The molecule has 0 saturated carbocycles. The van der Waals surface area contributed by atoms with Crippen LogP contribution in [0.5, 0.6) is 0 Å². The van der Waals surface area contributed by atoms with E-state index < -0.39 is 11.9 Å². The molecule has 7 heteroatoms. The fraction of sp³-hybridized carbons (Fsp3) is 0.133. The van der Waals surface area contributed by atoms with Gasteiger partial charge in [-0.2, -0.15) is 5.26 Å². The van der Waals surface area contributed by atoms with Crippen molar-refractivity contribution in [2.24, 2.45) is 0 Å². The van der Waals surface area contributed by atoms with E-state index in [0.717, 1.165) is 0 Å². The SMILES string of the molecule is COC(=O)c1c(N)c(C#N)cn1-c1cccc(CC(=O)O)c1. The third kappa shape index (κ3) is 2.76. The van der Waals surface area contributed by atoms with Gasteiger partial charge in [0.2, 0.25) is 0 Å². The van der Waals surface area contributed by atoms with Gasteiger partial charge in [0.05, 0.1) is 24.8 Å².